The Morgan fingerprint density at radius 3 is 2.27 bits per heavy atom. The number of para-hydroxylation sites is 1. The number of amides is 4. The third-order valence-corrected chi connectivity index (χ3v) is 8.62. The summed E-state index contributed by atoms with van der Waals surface area (Å²) in [6.07, 6.45) is 8.01. The molecule has 4 amide bonds. The molecular formula is C30H40N6O4S. The van der Waals surface area contributed by atoms with Gasteiger partial charge in [-0.25, -0.2) is 0 Å². The van der Waals surface area contributed by atoms with Gasteiger partial charge in [0.1, 0.15) is 18.1 Å². The lowest BCUT2D eigenvalue weighted by Gasteiger charge is -2.29. The summed E-state index contributed by atoms with van der Waals surface area (Å²) in [7, 11) is 0. The van der Waals surface area contributed by atoms with Gasteiger partial charge in [0.25, 0.3) is 0 Å². The molecule has 1 fully saturated rings. The summed E-state index contributed by atoms with van der Waals surface area (Å²) < 4.78 is 0. The molecule has 8 N–H and O–H groups in total. The molecular weight excluding hydrogens is 540 g/mol. The second kappa shape index (κ2) is 14.3. The maximum absolute atomic E-state index is 13.7. The SMILES string of the molecule is C[C@H](N)C(=O)N[C@H](CC1CCCCC1)C(=O)N[C@@H](Cc1c[nH]c2ccccc12)C(=O)N[C@@H](Cc1cccs1)C(N)=O. The zero-order valence-corrected chi connectivity index (χ0v) is 24.2. The van der Waals surface area contributed by atoms with Crippen LogP contribution < -0.4 is 27.4 Å². The molecule has 41 heavy (non-hydrogen) atoms. The predicted molar refractivity (Wildman–Crippen MR) is 160 cm³/mol. The van der Waals surface area contributed by atoms with E-state index in [1.165, 1.54) is 17.8 Å². The lowest BCUT2D eigenvalue weighted by atomic mass is 9.84. The molecule has 3 aromatic rings. The first-order chi connectivity index (χ1) is 19.7. The largest absolute Gasteiger partial charge is 0.368 e. The van der Waals surface area contributed by atoms with Crippen molar-refractivity contribution in [2.24, 2.45) is 17.4 Å². The van der Waals surface area contributed by atoms with Crippen LogP contribution in [0.1, 0.15) is 55.9 Å². The number of nitrogens with two attached hydrogens (primary N) is 2. The quantitative estimate of drug-likeness (QED) is 0.182. The molecule has 0 spiro atoms. The number of carbonyl (C=O) groups is 4. The molecule has 2 aromatic heterocycles. The van der Waals surface area contributed by atoms with Gasteiger partial charge >= 0.3 is 0 Å². The third-order valence-electron chi connectivity index (χ3n) is 7.72. The summed E-state index contributed by atoms with van der Waals surface area (Å²) in [5, 5.41) is 11.3. The fourth-order valence-corrected chi connectivity index (χ4v) is 6.17. The van der Waals surface area contributed by atoms with Gasteiger partial charge in [-0.3, -0.25) is 19.2 Å². The molecule has 0 aliphatic heterocycles. The highest BCUT2D eigenvalue weighted by molar-refractivity contribution is 7.09. The third kappa shape index (κ3) is 8.40. The van der Waals surface area contributed by atoms with Crippen LogP contribution in [0.15, 0.2) is 48.0 Å². The van der Waals surface area contributed by atoms with E-state index in [0.29, 0.717) is 12.3 Å². The average Bonchev–Trinajstić information content (AvgIpc) is 3.62. The summed E-state index contributed by atoms with van der Waals surface area (Å²) >= 11 is 1.46. The molecule has 1 aliphatic rings. The highest BCUT2D eigenvalue weighted by atomic mass is 32.1. The van der Waals surface area contributed by atoms with E-state index in [9.17, 15) is 19.2 Å². The predicted octanol–water partition coefficient (Wildman–Crippen LogP) is 2.27. The monoisotopic (exact) mass is 580 g/mol. The van der Waals surface area contributed by atoms with Gasteiger partial charge in [-0.05, 0) is 42.3 Å². The van der Waals surface area contributed by atoms with Crippen molar-refractivity contribution in [3.63, 3.8) is 0 Å². The number of fused-ring (bicyclic) bond motifs is 1. The number of rotatable bonds is 13. The summed E-state index contributed by atoms with van der Waals surface area (Å²) in [6.45, 7) is 1.57. The first-order valence-electron chi connectivity index (χ1n) is 14.2. The van der Waals surface area contributed by atoms with Crippen molar-refractivity contribution in [2.45, 2.75) is 82.5 Å². The van der Waals surface area contributed by atoms with E-state index in [0.717, 1.165) is 47.0 Å². The lowest BCUT2D eigenvalue weighted by Crippen LogP contribution is -2.58. The number of benzene rings is 1. The Hall–Kier alpha value is -3.70. The fraction of sp³-hybridized carbons (Fsp3) is 0.467. The number of hydrogen-bond acceptors (Lipinski definition) is 6. The minimum Gasteiger partial charge on any atom is -0.368 e. The number of nitrogens with one attached hydrogen (secondary N) is 4. The standard InChI is InChI=1S/C30H40N6O4S/c1-18(31)28(38)35-25(14-19-8-3-2-4-9-19)29(39)36-26(15-20-17-33-23-12-6-5-11-22(20)23)30(40)34-24(27(32)37)16-21-10-7-13-41-21/h5-7,10-13,17-19,24-26,33H,2-4,8-9,14-16,31H2,1H3,(H2,32,37)(H,34,40)(H,35,38)(H,36,39)/t18-,24-,25+,26-/m0/s1. The summed E-state index contributed by atoms with van der Waals surface area (Å²) in [5.41, 5.74) is 13.2. The smallest absolute Gasteiger partial charge is 0.243 e. The molecule has 0 bridgehead atoms. The van der Waals surface area contributed by atoms with Gasteiger partial charge in [0.15, 0.2) is 0 Å². The molecule has 10 nitrogen and oxygen atoms in total. The lowest BCUT2D eigenvalue weighted by molar-refractivity contribution is -0.133. The highest BCUT2D eigenvalue weighted by Crippen LogP contribution is 2.27. The molecule has 0 saturated heterocycles. The number of H-pyrrole nitrogens is 1. The van der Waals surface area contributed by atoms with E-state index in [1.807, 2.05) is 48.0 Å². The molecule has 11 heteroatoms. The van der Waals surface area contributed by atoms with E-state index in [1.54, 1.807) is 6.92 Å². The first-order valence-corrected chi connectivity index (χ1v) is 15.1. The summed E-state index contributed by atoms with van der Waals surface area (Å²) in [4.78, 5) is 56.3. The number of thiophene rings is 1. The van der Waals surface area contributed by atoms with Crippen molar-refractivity contribution < 1.29 is 19.2 Å². The van der Waals surface area contributed by atoms with E-state index in [-0.39, 0.29) is 12.8 Å². The van der Waals surface area contributed by atoms with Crippen LogP contribution in [0.4, 0.5) is 0 Å². The Morgan fingerprint density at radius 2 is 1.59 bits per heavy atom. The molecule has 1 aromatic carbocycles. The maximum Gasteiger partial charge on any atom is 0.243 e. The maximum atomic E-state index is 13.7. The van der Waals surface area contributed by atoms with Crippen molar-refractivity contribution in [2.75, 3.05) is 0 Å². The molecule has 2 heterocycles. The second-order valence-electron chi connectivity index (χ2n) is 11.0. The van der Waals surface area contributed by atoms with Crippen LogP contribution in [-0.4, -0.2) is 52.8 Å². The molecule has 0 radical (unpaired) electrons. The van der Waals surface area contributed by atoms with Crippen LogP contribution in [0, 0.1) is 5.92 Å². The Labute approximate surface area is 244 Å². The van der Waals surface area contributed by atoms with Gasteiger partial charge in [0.2, 0.25) is 23.6 Å². The summed E-state index contributed by atoms with van der Waals surface area (Å²) in [6, 6.07) is 7.83. The Balaban J connectivity index is 1.57. The van der Waals surface area contributed by atoms with E-state index in [4.69, 9.17) is 11.5 Å². The number of primary amides is 1. The van der Waals surface area contributed by atoms with E-state index >= 15 is 0 Å². The van der Waals surface area contributed by atoms with Crippen LogP contribution in [0.5, 0.6) is 0 Å². The van der Waals surface area contributed by atoms with Crippen LogP contribution in [0.2, 0.25) is 0 Å². The average molecular weight is 581 g/mol. The van der Waals surface area contributed by atoms with Crippen LogP contribution in [-0.2, 0) is 32.0 Å². The zero-order chi connectivity index (χ0) is 29.4. The highest BCUT2D eigenvalue weighted by Gasteiger charge is 2.32. The summed E-state index contributed by atoms with van der Waals surface area (Å²) in [5.74, 6) is -1.79. The van der Waals surface area contributed by atoms with Crippen molar-refractivity contribution in [1.82, 2.24) is 20.9 Å². The minimum atomic E-state index is -1.02. The van der Waals surface area contributed by atoms with E-state index < -0.39 is 47.8 Å². The van der Waals surface area contributed by atoms with Crippen LogP contribution in [0.3, 0.4) is 0 Å². The number of aromatic nitrogens is 1. The van der Waals surface area contributed by atoms with Gasteiger partial charge < -0.3 is 32.4 Å². The molecule has 220 valence electrons. The Kier molecular flexibility index (Phi) is 10.5. The van der Waals surface area contributed by atoms with Crippen LogP contribution >= 0.6 is 11.3 Å². The van der Waals surface area contributed by atoms with Crippen molar-refractivity contribution in [3.8, 4) is 0 Å². The van der Waals surface area contributed by atoms with Gasteiger partial charge in [-0.2, -0.15) is 0 Å². The van der Waals surface area contributed by atoms with Crippen molar-refractivity contribution >= 4 is 45.9 Å². The topological polar surface area (TPSA) is 172 Å². The van der Waals surface area contributed by atoms with Crippen molar-refractivity contribution in [3.05, 3.63) is 58.4 Å². The van der Waals surface area contributed by atoms with Crippen LogP contribution in [0.25, 0.3) is 10.9 Å². The first kappa shape index (κ1) is 30.3. The molecule has 4 atom stereocenters. The normalized spacial score (nSPS) is 16.8. The Bertz CT molecular complexity index is 1330. The fourth-order valence-electron chi connectivity index (χ4n) is 5.42. The van der Waals surface area contributed by atoms with E-state index in [2.05, 4.69) is 20.9 Å². The molecule has 4 rings (SSSR count). The number of aromatic amines is 1. The van der Waals surface area contributed by atoms with Crippen molar-refractivity contribution in [1.29, 1.82) is 0 Å². The zero-order valence-electron chi connectivity index (χ0n) is 23.4. The Morgan fingerprint density at radius 1 is 0.902 bits per heavy atom. The molecule has 1 aliphatic carbocycles. The minimum absolute atomic E-state index is 0.170. The van der Waals surface area contributed by atoms with Gasteiger partial charge in [-0.1, -0.05) is 56.4 Å². The van der Waals surface area contributed by atoms with Gasteiger partial charge in [-0.15, -0.1) is 11.3 Å². The van der Waals surface area contributed by atoms with Gasteiger partial charge in [0.05, 0.1) is 6.04 Å². The number of carbonyl (C=O) groups excluding carboxylic acids is 4. The molecule has 1 saturated carbocycles. The number of hydrogen-bond donors (Lipinski definition) is 6. The van der Waals surface area contributed by atoms with Gasteiger partial charge in [0, 0.05) is 34.8 Å². The second-order valence-corrected chi connectivity index (χ2v) is 12.0. The molecule has 0 unspecified atom stereocenters.